The largest absolute Gasteiger partial charge is 0.507 e. The van der Waals surface area contributed by atoms with E-state index in [1.165, 1.54) is 30.3 Å². The van der Waals surface area contributed by atoms with Gasteiger partial charge in [0.2, 0.25) is 21.7 Å². The molecule has 0 bridgehead atoms. The number of nitrogen functional groups attached to an aromatic ring is 1. The molecule has 1 aliphatic rings. The highest BCUT2D eigenvalue weighted by Gasteiger charge is 2.39. The summed E-state index contributed by atoms with van der Waals surface area (Å²) in [4.78, 5) is 24.5. The van der Waals surface area contributed by atoms with Gasteiger partial charge >= 0.3 is 5.97 Å². The lowest BCUT2D eigenvalue weighted by Gasteiger charge is -2.28. The van der Waals surface area contributed by atoms with Crippen molar-refractivity contribution in [1.82, 2.24) is 4.31 Å². The van der Waals surface area contributed by atoms with Gasteiger partial charge in [-0.25, -0.2) is 35.2 Å². The fourth-order valence-electron chi connectivity index (χ4n) is 6.00. The smallest absolute Gasteiger partial charge is 0.339 e. The van der Waals surface area contributed by atoms with Gasteiger partial charge in [-0.15, -0.1) is 0 Å². The van der Waals surface area contributed by atoms with E-state index in [9.17, 15) is 50.2 Å². The second-order valence-electron chi connectivity index (χ2n) is 12.0. The van der Waals surface area contributed by atoms with Crippen LogP contribution in [0.3, 0.4) is 0 Å². The Bertz CT molecular complexity index is 2010. The van der Waals surface area contributed by atoms with Crippen LogP contribution >= 0.6 is 0 Å². The minimum Gasteiger partial charge on any atom is -0.507 e. The van der Waals surface area contributed by atoms with Crippen LogP contribution in [-0.2, 0) is 27.9 Å². The Morgan fingerprint density at radius 1 is 0.780 bits per heavy atom. The summed E-state index contributed by atoms with van der Waals surface area (Å²) in [7, 11) is -5.64. The Morgan fingerprint density at radius 3 is 1.98 bits per heavy atom. The average molecular weight is 718 g/mol. The first kappa shape index (κ1) is 36.3. The Hall–Kier alpha value is -5.02. The van der Waals surface area contributed by atoms with Crippen LogP contribution < -0.4 is 10.6 Å². The second-order valence-corrected chi connectivity index (χ2v) is 13.9. The van der Waals surface area contributed by atoms with Gasteiger partial charge in [0.15, 0.2) is 28.2 Å². The molecule has 5 rings (SSSR count). The third kappa shape index (κ3) is 7.58. The summed E-state index contributed by atoms with van der Waals surface area (Å²) in [5.74, 6) is -15.7. The summed E-state index contributed by atoms with van der Waals surface area (Å²) in [5, 5.41) is 19.8. The first-order valence-electron chi connectivity index (χ1n) is 15.5. The maximum absolute atomic E-state index is 14.9. The van der Waals surface area contributed by atoms with Crippen molar-refractivity contribution in [3.8, 4) is 5.75 Å². The average Bonchev–Trinajstić information content (AvgIpc) is 3.09. The molecule has 1 fully saturated rings. The molecular formula is C35H32F5N3O6S. The zero-order valence-corrected chi connectivity index (χ0v) is 27.2. The number of hydrogen-bond donors (Lipinski definition) is 3. The first-order chi connectivity index (χ1) is 23.7. The summed E-state index contributed by atoms with van der Waals surface area (Å²) in [5.41, 5.74) is 7.14. The Kier molecular flexibility index (Phi) is 10.8. The van der Waals surface area contributed by atoms with Crippen LogP contribution in [0.15, 0.2) is 71.6 Å². The Morgan fingerprint density at radius 2 is 1.40 bits per heavy atom. The lowest BCUT2D eigenvalue weighted by atomic mass is 9.84. The van der Waals surface area contributed by atoms with Crippen molar-refractivity contribution in [2.75, 3.05) is 17.2 Å². The number of benzene rings is 4. The number of carboxylic acids is 1. The number of carbonyl (C=O) groups is 2. The van der Waals surface area contributed by atoms with Crippen molar-refractivity contribution < 1.29 is 50.2 Å². The minimum absolute atomic E-state index is 0.0774. The maximum atomic E-state index is 14.9. The lowest BCUT2D eigenvalue weighted by molar-refractivity contribution is -0.119. The van der Waals surface area contributed by atoms with Gasteiger partial charge in [-0.05, 0) is 59.7 Å². The maximum Gasteiger partial charge on any atom is 0.339 e. The second kappa shape index (κ2) is 14.8. The number of phenols is 1. The van der Waals surface area contributed by atoms with E-state index in [0.29, 0.717) is 11.5 Å². The Labute approximate surface area is 284 Å². The van der Waals surface area contributed by atoms with Gasteiger partial charge in [0, 0.05) is 24.0 Å². The SMILES string of the molecule is Nc1cccc(CN(CC(=O)N(Cc2ccc(C3CCCCC3)cc2)c2ccc(C(=O)O)c(O)c2)S(=O)(=O)c2c(F)c(F)c(F)c(F)c2F)c1. The Balaban J connectivity index is 1.56. The van der Waals surface area contributed by atoms with Gasteiger partial charge in [-0.3, -0.25) is 4.79 Å². The highest BCUT2D eigenvalue weighted by molar-refractivity contribution is 7.89. The molecule has 50 heavy (non-hydrogen) atoms. The first-order valence-corrected chi connectivity index (χ1v) is 16.9. The molecule has 264 valence electrons. The standard InChI is InChI=1S/C35H32F5N3O6S/c36-29-30(37)32(39)34(33(40)31(29)38)50(48,49)42(17-21-5-4-8-24(41)15-21)19-28(45)43(25-13-14-26(35(46)47)27(44)16-25)18-20-9-11-23(12-10-20)22-6-2-1-3-7-22/h4-5,8-16,22,44H,1-3,6-7,17-19,41H2,(H,46,47). The number of halogens is 5. The summed E-state index contributed by atoms with van der Waals surface area (Å²) in [6.07, 6.45) is 5.42. The van der Waals surface area contributed by atoms with Crippen LogP contribution in [0.1, 0.15) is 65.1 Å². The van der Waals surface area contributed by atoms with E-state index in [0.717, 1.165) is 54.7 Å². The van der Waals surface area contributed by atoms with Crippen LogP contribution in [0.2, 0.25) is 0 Å². The third-order valence-electron chi connectivity index (χ3n) is 8.61. The number of aromatic carboxylic acids is 1. The summed E-state index contributed by atoms with van der Waals surface area (Å²) in [6, 6.07) is 16.0. The molecule has 4 aromatic rings. The van der Waals surface area contributed by atoms with Crippen LogP contribution in [0.4, 0.5) is 33.3 Å². The molecule has 0 unspecified atom stereocenters. The molecule has 0 saturated heterocycles. The fraction of sp³-hybridized carbons (Fsp3) is 0.257. The predicted molar refractivity (Wildman–Crippen MR) is 173 cm³/mol. The molecule has 0 heterocycles. The van der Waals surface area contributed by atoms with Crippen LogP contribution in [0.25, 0.3) is 0 Å². The van der Waals surface area contributed by atoms with Crippen LogP contribution in [0, 0.1) is 29.1 Å². The van der Waals surface area contributed by atoms with Gasteiger partial charge in [0.1, 0.15) is 11.3 Å². The number of anilines is 2. The van der Waals surface area contributed by atoms with Crippen molar-refractivity contribution in [3.05, 3.63) is 118 Å². The molecule has 1 aliphatic carbocycles. The van der Waals surface area contributed by atoms with E-state index in [2.05, 4.69) is 0 Å². The quantitative estimate of drug-likeness (QED) is 0.0668. The number of nitrogens with zero attached hydrogens (tertiary/aromatic N) is 2. The van der Waals surface area contributed by atoms with Gasteiger partial charge in [0.25, 0.3) is 0 Å². The van der Waals surface area contributed by atoms with E-state index in [-0.39, 0.29) is 27.8 Å². The van der Waals surface area contributed by atoms with Gasteiger partial charge in [0.05, 0.1) is 13.1 Å². The molecule has 4 N–H and O–H groups in total. The lowest BCUT2D eigenvalue weighted by Crippen LogP contribution is -2.43. The van der Waals surface area contributed by atoms with Gasteiger partial charge in [-0.1, -0.05) is 55.7 Å². The number of carbonyl (C=O) groups excluding carboxylic acids is 1. The van der Waals surface area contributed by atoms with Crippen molar-refractivity contribution in [3.63, 3.8) is 0 Å². The van der Waals surface area contributed by atoms with Gasteiger partial charge < -0.3 is 20.8 Å². The van der Waals surface area contributed by atoms with E-state index in [1.54, 1.807) is 12.1 Å². The van der Waals surface area contributed by atoms with Crippen molar-refractivity contribution in [2.24, 2.45) is 0 Å². The number of carboxylic acid groups (broad SMARTS) is 1. The van der Waals surface area contributed by atoms with Crippen molar-refractivity contribution in [1.29, 1.82) is 0 Å². The number of rotatable bonds is 11. The van der Waals surface area contributed by atoms with E-state index in [1.807, 2.05) is 12.1 Å². The zero-order valence-electron chi connectivity index (χ0n) is 26.4. The minimum atomic E-state index is -5.64. The fourth-order valence-corrected chi connectivity index (χ4v) is 7.49. The molecule has 0 spiro atoms. The van der Waals surface area contributed by atoms with Crippen LogP contribution in [0.5, 0.6) is 5.75 Å². The molecule has 15 heteroatoms. The molecule has 9 nitrogen and oxygen atoms in total. The normalized spacial score (nSPS) is 13.8. The number of amides is 1. The van der Waals surface area contributed by atoms with E-state index in [4.69, 9.17) is 5.73 Å². The van der Waals surface area contributed by atoms with E-state index < -0.39 is 80.3 Å². The number of nitrogens with two attached hydrogens (primary N) is 1. The molecule has 4 aromatic carbocycles. The highest BCUT2D eigenvalue weighted by atomic mass is 32.2. The van der Waals surface area contributed by atoms with Gasteiger partial charge in [-0.2, -0.15) is 4.31 Å². The summed E-state index contributed by atoms with van der Waals surface area (Å²) in [6.45, 7) is -2.23. The van der Waals surface area contributed by atoms with E-state index >= 15 is 0 Å². The molecule has 0 atom stereocenters. The topological polar surface area (TPSA) is 141 Å². The molecule has 0 radical (unpaired) electrons. The predicted octanol–water partition coefficient (Wildman–Crippen LogP) is 6.84. The highest BCUT2D eigenvalue weighted by Crippen LogP contribution is 2.34. The number of hydrogen-bond acceptors (Lipinski definition) is 6. The zero-order chi connectivity index (χ0) is 36.3. The third-order valence-corrected chi connectivity index (χ3v) is 10.4. The monoisotopic (exact) mass is 717 g/mol. The molecule has 1 amide bonds. The number of sulfonamides is 1. The molecule has 0 aromatic heterocycles. The molecule has 1 saturated carbocycles. The molecule has 0 aliphatic heterocycles. The summed E-state index contributed by atoms with van der Waals surface area (Å²) < 4.78 is 99.9. The molecular weight excluding hydrogens is 685 g/mol. The summed E-state index contributed by atoms with van der Waals surface area (Å²) >= 11 is 0. The van der Waals surface area contributed by atoms with Crippen LogP contribution in [-0.4, -0.2) is 41.4 Å². The number of aromatic hydroxyl groups is 1. The van der Waals surface area contributed by atoms with Crippen molar-refractivity contribution in [2.45, 2.75) is 56.0 Å². The van der Waals surface area contributed by atoms with Crippen molar-refractivity contribution >= 4 is 33.3 Å².